The van der Waals surface area contributed by atoms with Gasteiger partial charge in [-0.15, -0.1) is 0 Å². The first-order valence-electron chi connectivity index (χ1n) is 14.2. The topological polar surface area (TPSA) is 131 Å². The van der Waals surface area contributed by atoms with Gasteiger partial charge in [0.25, 0.3) is 15.9 Å². The summed E-state index contributed by atoms with van der Waals surface area (Å²) < 4.78 is 34.7. The summed E-state index contributed by atoms with van der Waals surface area (Å²) in [4.78, 5) is 28.1. The van der Waals surface area contributed by atoms with Crippen LogP contribution in [-0.4, -0.2) is 66.5 Å². The number of amides is 2. The molecule has 0 unspecified atom stereocenters. The number of ether oxygens (including phenoxy) is 1. The zero-order valence-electron chi connectivity index (χ0n) is 26.2. The maximum absolute atomic E-state index is 13.4. The van der Waals surface area contributed by atoms with Crippen LogP contribution in [0.5, 0.6) is 5.75 Å². The molecule has 0 atom stereocenters. The van der Waals surface area contributed by atoms with Gasteiger partial charge in [0.15, 0.2) is 0 Å². The van der Waals surface area contributed by atoms with Gasteiger partial charge in [-0.2, -0.15) is 0 Å². The number of anilines is 2. The van der Waals surface area contributed by atoms with Crippen molar-refractivity contribution in [2.75, 3.05) is 51.0 Å². The molecule has 0 aliphatic rings. The van der Waals surface area contributed by atoms with E-state index >= 15 is 0 Å². The van der Waals surface area contributed by atoms with E-state index in [-0.39, 0.29) is 23.9 Å². The van der Waals surface area contributed by atoms with Gasteiger partial charge in [0.2, 0.25) is 5.91 Å². The highest BCUT2D eigenvalue weighted by Crippen LogP contribution is 2.32. The number of likely N-dealkylation sites (N-methyl/N-ethyl adjacent to an activating group) is 1. The molecule has 0 radical (unpaired) electrons. The molecular formula is C34H39N4O6S-. The van der Waals surface area contributed by atoms with E-state index in [9.17, 15) is 23.1 Å². The minimum Gasteiger partial charge on any atom is -0.872 e. The van der Waals surface area contributed by atoms with Crippen molar-refractivity contribution >= 4 is 33.2 Å². The number of nitrogens with zero attached hydrogens (tertiary/aromatic N) is 2. The van der Waals surface area contributed by atoms with Gasteiger partial charge in [-0.05, 0) is 54.5 Å². The maximum Gasteiger partial charge on any atom is 0.261 e. The van der Waals surface area contributed by atoms with Crippen LogP contribution >= 0.6 is 0 Å². The standard InChI is InChI=1S/C34H40N4O6S/c1-7-12-25(31(8-2)44-6)22-33(40)35-19-20-38(5)27-14-11-13-26(23-27)36-45(42,43)32-21-24(17-18-30(32)39)28-15-9-10-16-29(28)34(41)37(3)4/h7-18,21,23,36,39H,1,19-20,22H2,2-6H3,(H,35,40)/p-1/b25-12-,31-8+. The molecule has 45 heavy (non-hydrogen) atoms. The summed E-state index contributed by atoms with van der Waals surface area (Å²) in [6.45, 7) is 6.30. The molecule has 0 fully saturated rings. The first-order valence-corrected chi connectivity index (χ1v) is 15.6. The second-order valence-electron chi connectivity index (χ2n) is 10.3. The van der Waals surface area contributed by atoms with Gasteiger partial charge in [-0.1, -0.05) is 60.9 Å². The van der Waals surface area contributed by atoms with Gasteiger partial charge in [-0.25, -0.2) is 8.42 Å². The highest BCUT2D eigenvalue weighted by Gasteiger charge is 2.20. The summed E-state index contributed by atoms with van der Waals surface area (Å²) in [6.07, 6.45) is 5.23. The fourth-order valence-corrected chi connectivity index (χ4v) is 5.76. The smallest absolute Gasteiger partial charge is 0.261 e. The van der Waals surface area contributed by atoms with E-state index in [2.05, 4.69) is 16.6 Å². The molecule has 0 aliphatic heterocycles. The molecule has 238 valence electrons. The van der Waals surface area contributed by atoms with Crippen molar-refractivity contribution in [3.05, 3.63) is 108 Å². The Morgan fingerprint density at radius 2 is 1.76 bits per heavy atom. The Labute approximate surface area is 265 Å². The molecular weight excluding hydrogens is 592 g/mol. The van der Waals surface area contributed by atoms with E-state index in [1.54, 1.807) is 88.0 Å². The van der Waals surface area contributed by atoms with E-state index in [1.807, 2.05) is 18.9 Å². The first kappa shape index (κ1) is 34.5. The predicted octanol–water partition coefficient (Wildman–Crippen LogP) is 4.53. The molecule has 0 saturated heterocycles. The monoisotopic (exact) mass is 631 g/mol. The van der Waals surface area contributed by atoms with Crippen molar-refractivity contribution in [2.24, 2.45) is 0 Å². The maximum atomic E-state index is 13.4. The summed E-state index contributed by atoms with van der Waals surface area (Å²) >= 11 is 0. The van der Waals surface area contributed by atoms with Crippen LogP contribution in [0.3, 0.4) is 0 Å². The Kier molecular flexibility index (Phi) is 12.0. The Balaban J connectivity index is 1.73. The number of sulfonamides is 1. The molecule has 0 aliphatic carbocycles. The van der Waals surface area contributed by atoms with Crippen molar-refractivity contribution in [2.45, 2.75) is 18.2 Å². The lowest BCUT2D eigenvalue weighted by Crippen LogP contribution is -2.33. The second kappa shape index (κ2) is 15.6. The SMILES string of the molecule is C=C/C=C(CC(=O)NCCN(C)c1cccc(NS(=O)(=O)c2cc(-c3ccccc3C(=O)N(C)C)ccc2[O-])c1)\C(=C/C)OC. The number of rotatable bonds is 14. The number of carbonyl (C=O) groups excluding carboxylic acids is 2. The Morgan fingerprint density at radius 3 is 2.42 bits per heavy atom. The molecule has 2 amide bonds. The molecule has 3 aromatic rings. The van der Waals surface area contributed by atoms with Crippen LogP contribution < -0.4 is 20.0 Å². The molecule has 0 spiro atoms. The zero-order chi connectivity index (χ0) is 33.1. The van der Waals surface area contributed by atoms with Crippen LogP contribution in [-0.2, 0) is 19.6 Å². The highest BCUT2D eigenvalue weighted by atomic mass is 32.2. The largest absolute Gasteiger partial charge is 0.872 e. The van der Waals surface area contributed by atoms with Crippen LogP contribution in [0.2, 0.25) is 0 Å². The van der Waals surface area contributed by atoms with Crippen LogP contribution in [0.15, 0.2) is 108 Å². The zero-order valence-corrected chi connectivity index (χ0v) is 27.0. The third-order valence-corrected chi connectivity index (χ3v) is 8.29. The van der Waals surface area contributed by atoms with Crippen LogP contribution in [0.25, 0.3) is 11.1 Å². The summed E-state index contributed by atoms with van der Waals surface area (Å²) in [7, 11) is 2.33. The fraction of sp³-hybridized carbons (Fsp3) is 0.235. The number of allylic oxidation sites excluding steroid dienone is 4. The normalized spacial score (nSPS) is 11.8. The van der Waals surface area contributed by atoms with Crippen molar-refractivity contribution < 1.29 is 27.9 Å². The minimum atomic E-state index is -4.28. The van der Waals surface area contributed by atoms with Crippen molar-refractivity contribution in [3.8, 4) is 16.9 Å². The molecule has 11 heteroatoms. The van der Waals surface area contributed by atoms with E-state index in [1.165, 1.54) is 23.1 Å². The lowest BCUT2D eigenvalue weighted by molar-refractivity contribution is -0.272. The van der Waals surface area contributed by atoms with Crippen LogP contribution in [0.1, 0.15) is 23.7 Å². The van der Waals surface area contributed by atoms with Crippen molar-refractivity contribution in [3.63, 3.8) is 0 Å². The number of hydrogen-bond donors (Lipinski definition) is 2. The Morgan fingerprint density at radius 1 is 1.02 bits per heavy atom. The quantitative estimate of drug-likeness (QED) is 0.197. The fourth-order valence-electron chi connectivity index (χ4n) is 4.60. The first-order chi connectivity index (χ1) is 21.4. The minimum absolute atomic E-state index is 0.126. The van der Waals surface area contributed by atoms with Gasteiger partial charge in [0.1, 0.15) is 5.76 Å². The van der Waals surface area contributed by atoms with Gasteiger partial charge in [-0.3, -0.25) is 14.3 Å². The molecule has 0 heterocycles. The molecule has 3 rings (SSSR count). The third kappa shape index (κ3) is 8.99. The lowest BCUT2D eigenvalue weighted by atomic mass is 9.99. The van der Waals surface area contributed by atoms with E-state index in [4.69, 9.17) is 4.74 Å². The number of benzene rings is 3. The molecule has 0 bridgehead atoms. The number of nitrogens with one attached hydrogen (secondary N) is 2. The summed E-state index contributed by atoms with van der Waals surface area (Å²) in [5.74, 6) is -0.506. The molecule has 3 aromatic carbocycles. The molecule has 10 nitrogen and oxygen atoms in total. The van der Waals surface area contributed by atoms with Gasteiger partial charge in [0, 0.05) is 51.1 Å². The average molecular weight is 632 g/mol. The number of carbonyl (C=O) groups is 2. The van der Waals surface area contributed by atoms with Crippen molar-refractivity contribution in [1.29, 1.82) is 0 Å². The summed E-state index contributed by atoms with van der Waals surface area (Å²) in [5.41, 5.74) is 2.98. The second-order valence-corrected chi connectivity index (χ2v) is 11.9. The lowest BCUT2D eigenvalue weighted by Gasteiger charge is -2.21. The number of hydrogen-bond acceptors (Lipinski definition) is 7. The van der Waals surface area contributed by atoms with Crippen LogP contribution in [0, 0.1) is 0 Å². The molecule has 2 N–H and O–H groups in total. The number of methoxy groups -OCH3 is 1. The van der Waals surface area contributed by atoms with Gasteiger partial charge in [0.05, 0.1) is 24.1 Å². The van der Waals surface area contributed by atoms with Crippen molar-refractivity contribution in [1.82, 2.24) is 10.2 Å². The molecule has 0 aromatic heterocycles. The van der Waals surface area contributed by atoms with E-state index < -0.39 is 20.7 Å². The summed E-state index contributed by atoms with van der Waals surface area (Å²) in [6, 6.07) is 17.5. The summed E-state index contributed by atoms with van der Waals surface area (Å²) in [5, 5.41) is 15.6. The van der Waals surface area contributed by atoms with E-state index in [0.717, 1.165) is 0 Å². The van der Waals surface area contributed by atoms with Crippen LogP contribution in [0.4, 0.5) is 11.4 Å². The average Bonchev–Trinajstić information content (AvgIpc) is 3.01. The van der Waals surface area contributed by atoms with Gasteiger partial charge < -0.3 is 25.0 Å². The molecule has 0 saturated carbocycles. The Hall–Kier alpha value is -5.03. The third-order valence-electron chi connectivity index (χ3n) is 6.89. The predicted molar refractivity (Wildman–Crippen MR) is 177 cm³/mol. The Bertz CT molecular complexity index is 1710. The highest BCUT2D eigenvalue weighted by molar-refractivity contribution is 7.92. The van der Waals surface area contributed by atoms with Gasteiger partial charge >= 0.3 is 0 Å². The van der Waals surface area contributed by atoms with E-state index in [0.29, 0.717) is 46.8 Å².